The summed E-state index contributed by atoms with van der Waals surface area (Å²) in [5.74, 6) is -1.48. The first-order chi connectivity index (χ1) is 15.7. The molecule has 3 aromatic rings. The second-order valence-corrected chi connectivity index (χ2v) is 7.04. The van der Waals surface area contributed by atoms with Crippen molar-refractivity contribution in [3.05, 3.63) is 106 Å². The van der Waals surface area contributed by atoms with Gasteiger partial charge in [-0.15, -0.1) is 0 Å². The number of carbonyl (C=O) groups excluding carboxylic acids is 2. The Labute approximate surface area is 184 Å². The number of benzene rings is 3. The highest BCUT2D eigenvalue weighted by atomic mass is 19.4. The Balaban J connectivity index is 1.81. The number of hydrogen-bond donors (Lipinski definition) is 1. The number of non-ortho nitro benzene ring substituents is 1. The van der Waals surface area contributed by atoms with E-state index < -0.39 is 28.5 Å². The van der Waals surface area contributed by atoms with Gasteiger partial charge in [-0.2, -0.15) is 13.2 Å². The van der Waals surface area contributed by atoms with Crippen molar-refractivity contribution in [1.82, 2.24) is 0 Å². The summed E-state index contributed by atoms with van der Waals surface area (Å²) < 4.78 is 39.4. The van der Waals surface area contributed by atoms with Crippen molar-refractivity contribution >= 4 is 34.4 Å². The molecule has 0 spiro atoms. The van der Waals surface area contributed by atoms with Crippen LogP contribution in [0.2, 0.25) is 0 Å². The molecule has 33 heavy (non-hydrogen) atoms. The summed E-state index contributed by atoms with van der Waals surface area (Å²) >= 11 is 0. The topological polar surface area (TPSA) is 92.5 Å². The number of imide groups is 1. The third-order valence-corrected chi connectivity index (χ3v) is 4.92. The van der Waals surface area contributed by atoms with Crippen molar-refractivity contribution < 1.29 is 27.7 Å². The largest absolute Gasteiger partial charge is 0.416 e. The number of carbonyl (C=O) groups is 2. The first-order valence-electron chi connectivity index (χ1n) is 9.54. The fraction of sp³-hybridized carbons (Fsp3) is 0.0435. The molecule has 0 radical (unpaired) electrons. The van der Waals surface area contributed by atoms with Gasteiger partial charge in [0.25, 0.3) is 17.5 Å². The van der Waals surface area contributed by atoms with Gasteiger partial charge in [-0.25, -0.2) is 4.90 Å². The lowest BCUT2D eigenvalue weighted by atomic mass is 10.0. The average molecular weight is 453 g/mol. The summed E-state index contributed by atoms with van der Waals surface area (Å²) in [4.78, 5) is 37.7. The summed E-state index contributed by atoms with van der Waals surface area (Å²) in [5, 5.41) is 13.6. The number of rotatable bonds is 5. The summed E-state index contributed by atoms with van der Waals surface area (Å²) in [6.45, 7) is 0. The van der Waals surface area contributed by atoms with E-state index in [4.69, 9.17) is 0 Å². The Bertz CT molecular complexity index is 1290. The van der Waals surface area contributed by atoms with E-state index in [1.54, 1.807) is 18.2 Å². The minimum absolute atomic E-state index is 0.0460. The lowest BCUT2D eigenvalue weighted by Crippen LogP contribution is -2.32. The number of nitro groups is 1. The van der Waals surface area contributed by atoms with Gasteiger partial charge >= 0.3 is 6.18 Å². The molecule has 0 aromatic heterocycles. The molecule has 3 aromatic carbocycles. The zero-order valence-corrected chi connectivity index (χ0v) is 16.7. The van der Waals surface area contributed by atoms with E-state index in [1.807, 2.05) is 0 Å². The zero-order chi connectivity index (χ0) is 23.8. The predicted octanol–water partition coefficient (Wildman–Crippen LogP) is 5.01. The van der Waals surface area contributed by atoms with Crippen LogP contribution in [0, 0.1) is 10.1 Å². The molecule has 0 saturated heterocycles. The first-order valence-corrected chi connectivity index (χ1v) is 9.54. The molecule has 2 amide bonds. The Morgan fingerprint density at radius 2 is 1.52 bits per heavy atom. The number of nitro benzene ring substituents is 1. The Morgan fingerprint density at radius 3 is 2.12 bits per heavy atom. The second kappa shape index (κ2) is 8.23. The van der Waals surface area contributed by atoms with Crippen LogP contribution in [0.1, 0.15) is 11.1 Å². The van der Waals surface area contributed by atoms with Gasteiger partial charge in [0.1, 0.15) is 5.70 Å². The van der Waals surface area contributed by atoms with Gasteiger partial charge in [0.2, 0.25) is 0 Å². The lowest BCUT2D eigenvalue weighted by molar-refractivity contribution is -0.384. The number of amides is 2. The van der Waals surface area contributed by atoms with Gasteiger partial charge in [-0.3, -0.25) is 19.7 Å². The predicted molar refractivity (Wildman–Crippen MR) is 114 cm³/mol. The number of alkyl halides is 3. The van der Waals surface area contributed by atoms with E-state index in [0.717, 1.165) is 17.0 Å². The number of hydrogen-bond acceptors (Lipinski definition) is 5. The minimum atomic E-state index is -4.60. The minimum Gasteiger partial charge on any atom is -0.350 e. The van der Waals surface area contributed by atoms with Gasteiger partial charge in [0.05, 0.1) is 21.7 Å². The maximum atomic E-state index is 13.3. The van der Waals surface area contributed by atoms with Gasteiger partial charge in [0, 0.05) is 17.8 Å². The van der Waals surface area contributed by atoms with E-state index in [0.29, 0.717) is 0 Å². The highest BCUT2D eigenvalue weighted by Crippen LogP contribution is 2.36. The van der Waals surface area contributed by atoms with E-state index in [-0.39, 0.29) is 33.9 Å². The summed E-state index contributed by atoms with van der Waals surface area (Å²) in [5.41, 5.74) is -1.08. The molecule has 0 unspecified atom stereocenters. The fourth-order valence-corrected chi connectivity index (χ4v) is 3.39. The molecular formula is C23H14F3N3O4. The van der Waals surface area contributed by atoms with Crippen molar-refractivity contribution in [3.63, 3.8) is 0 Å². The monoisotopic (exact) mass is 453 g/mol. The molecule has 0 atom stereocenters. The Kier molecular flexibility index (Phi) is 5.42. The van der Waals surface area contributed by atoms with Crippen molar-refractivity contribution in [2.45, 2.75) is 6.18 Å². The van der Waals surface area contributed by atoms with Gasteiger partial charge in [0.15, 0.2) is 0 Å². The molecule has 1 N–H and O–H groups in total. The Morgan fingerprint density at radius 1 is 0.848 bits per heavy atom. The molecule has 0 aliphatic carbocycles. The standard InChI is InChI=1S/C23H14F3N3O4/c24-23(25,26)15-5-4-6-16(13-15)27-20-19(14-9-11-18(12-10-14)29(32)33)21(30)28(22(20)31)17-7-2-1-3-8-17/h1-13,27H. The molecule has 4 rings (SSSR count). The van der Waals surface area contributed by atoms with Crippen LogP contribution in [0.3, 0.4) is 0 Å². The molecule has 0 fully saturated rings. The third-order valence-electron chi connectivity index (χ3n) is 4.92. The first kappa shape index (κ1) is 21.8. The number of anilines is 2. The van der Waals surface area contributed by atoms with E-state index in [1.165, 1.54) is 48.5 Å². The second-order valence-electron chi connectivity index (χ2n) is 7.04. The molecule has 1 aliphatic heterocycles. The molecular weight excluding hydrogens is 439 g/mol. The molecule has 10 heteroatoms. The smallest absolute Gasteiger partial charge is 0.350 e. The van der Waals surface area contributed by atoms with Crippen LogP contribution in [0.4, 0.5) is 30.2 Å². The van der Waals surface area contributed by atoms with E-state index in [2.05, 4.69) is 5.32 Å². The summed E-state index contributed by atoms with van der Waals surface area (Å²) in [7, 11) is 0. The zero-order valence-electron chi connectivity index (χ0n) is 16.7. The average Bonchev–Trinajstić information content (AvgIpc) is 3.03. The molecule has 7 nitrogen and oxygen atoms in total. The summed E-state index contributed by atoms with van der Waals surface area (Å²) in [6, 6.07) is 17.2. The molecule has 1 heterocycles. The lowest BCUT2D eigenvalue weighted by Gasteiger charge is -2.15. The number of nitrogens with zero attached hydrogens (tertiary/aromatic N) is 2. The van der Waals surface area contributed by atoms with Crippen LogP contribution in [0.25, 0.3) is 5.57 Å². The van der Waals surface area contributed by atoms with Gasteiger partial charge in [-0.1, -0.05) is 24.3 Å². The van der Waals surface area contributed by atoms with Crippen LogP contribution in [0.15, 0.2) is 84.6 Å². The highest BCUT2D eigenvalue weighted by Gasteiger charge is 2.40. The fourth-order valence-electron chi connectivity index (χ4n) is 3.39. The molecule has 1 aliphatic rings. The third kappa shape index (κ3) is 4.18. The SMILES string of the molecule is O=C1C(Nc2cccc(C(F)(F)F)c2)=C(c2ccc([N+](=O)[O-])cc2)C(=O)N1c1ccccc1. The number of halogens is 3. The molecule has 166 valence electrons. The van der Waals surface area contributed by atoms with Crippen molar-refractivity contribution in [3.8, 4) is 0 Å². The maximum Gasteiger partial charge on any atom is 0.416 e. The van der Waals surface area contributed by atoms with Crippen molar-refractivity contribution in [1.29, 1.82) is 0 Å². The summed E-state index contributed by atoms with van der Waals surface area (Å²) in [6.07, 6.45) is -4.60. The van der Waals surface area contributed by atoms with Crippen molar-refractivity contribution in [2.24, 2.45) is 0 Å². The normalized spacial score (nSPS) is 14.1. The van der Waals surface area contributed by atoms with Gasteiger partial charge < -0.3 is 5.32 Å². The van der Waals surface area contributed by atoms with Crippen LogP contribution < -0.4 is 10.2 Å². The van der Waals surface area contributed by atoms with Crippen LogP contribution >= 0.6 is 0 Å². The van der Waals surface area contributed by atoms with Crippen LogP contribution in [-0.4, -0.2) is 16.7 Å². The van der Waals surface area contributed by atoms with E-state index >= 15 is 0 Å². The van der Waals surface area contributed by atoms with Crippen LogP contribution in [-0.2, 0) is 15.8 Å². The maximum absolute atomic E-state index is 13.3. The molecule has 0 saturated carbocycles. The number of nitrogens with one attached hydrogen (secondary N) is 1. The number of para-hydroxylation sites is 1. The van der Waals surface area contributed by atoms with E-state index in [9.17, 15) is 32.9 Å². The molecule has 0 bridgehead atoms. The Hall–Kier alpha value is -4.47. The van der Waals surface area contributed by atoms with Gasteiger partial charge in [-0.05, 0) is 48.0 Å². The van der Waals surface area contributed by atoms with Crippen LogP contribution in [0.5, 0.6) is 0 Å². The van der Waals surface area contributed by atoms with Crippen molar-refractivity contribution in [2.75, 3.05) is 10.2 Å². The quantitative estimate of drug-likeness (QED) is 0.333. The highest BCUT2D eigenvalue weighted by molar-refractivity contribution is 6.46.